The van der Waals surface area contributed by atoms with Gasteiger partial charge in [-0.05, 0) is 39.5 Å². The Labute approximate surface area is 116 Å². The average Bonchev–Trinajstić information content (AvgIpc) is 2.79. The molecule has 2 unspecified atom stereocenters. The molecule has 1 aliphatic rings. The van der Waals surface area contributed by atoms with Crippen molar-refractivity contribution in [3.05, 3.63) is 11.9 Å². The minimum absolute atomic E-state index is 0.583. The molecule has 19 heavy (non-hydrogen) atoms. The van der Waals surface area contributed by atoms with Gasteiger partial charge in [0.15, 0.2) is 0 Å². The van der Waals surface area contributed by atoms with E-state index >= 15 is 0 Å². The maximum Gasteiger partial charge on any atom is 0.137 e. The molecule has 0 aliphatic carbocycles. The molecular formula is C15H26N4. The van der Waals surface area contributed by atoms with Crippen LogP contribution < -0.4 is 10.2 Å². The number of rotatable bonds is 5. The SMILES string of the molecule is CCNc1ncnc(N2C(C)CCC2CC)c1CC. The third kappa shape index (κ3) is 2.67. The lowest BCUT2D eigenvalue weighted by Gasteiger charge is -2.31. The van der Waals surface area contributed by atoms with Crippen LogP contribution >= 0.6 is 0 Å². The Morgan fingerprint density at radius 3 is 2.68 bits per heavy atom. The third-order valence-electron chi connectivity index (χ3n) is 4.12. The molecule has 4 nitrogen and oxygen atoms in total. The van der Waals surface area contributed by atoms with Gasteiger partial charge in [-0.3, -0.25) is 0 Å². The minimum Gasteiger partial charge on any atom is -0.370 e. The van der Waals surface area contributed by atoms with Crippen molar-refractivity contribution >= 4 is 11.6 Å². The van der Waals surface area contributed by atoms with Gasteiger partial charge in [0.1, 0.15) is 18.0 Å². The zero-order valence-corrected chi connectivity index (χ0v) is 12.6. The Morgan fingerprint density at radius 2 is 2.05 bits per heavy atom. The first-order valence-corrected chi connectivity index (χ1v) is 7.58. The molecule has 0 amide bonds. The van der Waals surface area contributed by atoms with Crippen molar-refractivity contribution < 1.29 is 0 Å². The van der Waals surface area contributed by atoms with Gasteiger partial charge >= 0.3 is 0 Å². The molecule has 106 valence electrons. The number of aromatic nitrogens is 2. The van der Waals surface area contributed by atoms with E-state index in [0.717, 1.165) is 24.6 Å². The van der Waals surface area contributed by atoms with E-state index < -0.39 is 0 Å². The molecule has 1 N–H and O–H groups in total. The maximum absolute atomic E-state index is 4.60. The summed E-state index contributed by atoms with van der Waals surface area (Å²) < 4.78 is 0. The summed E-state index contributed by atoms with van der Waals surface area (Å²) in [6.45, 7) is 9.77. The van der Waals surface area contributed by atoms with Gasteiger partial charge in [0.2, 0.25) is 0 Å². The molecule has 2 heterocycles. The lowest BCUT2D eigenvalue weighted by Crippen LogP contribution is -2.35. The molecule has 2 rings (SSSR count). The van der Waals surface area contributed by atoms with Crippen molar-refractivity contribution in [2.45, 2.75) is 65.5 Å². The van der Waals surface area contributed by atoms with Crippen LogP contribution in [0.4, 0.5) is 11.6 Å². The molecule has 1 aromatic heterocycles. The second-order valence-electron chi connectivity index (χ2n) is 5.30. The van der Waals surface area contributed by atoms with Crippen LogP contribution in [-0.2, 0) is 6.42 Å². The van der Waals surface area contributed by atoms with E-state index in [9.17, 15) is 0 Å². The van der Waals surface area contributed by atoms with Crippen LogP contribution in [0.2, 0.25) is 0 Å². The predicted molar refractivity (Wildman–Crippen MR) is 80.8 cm³/mol. The molecule has 1 fully saturated rings. The van der Waals surface area contributed by atoms with Gasteiger partial charge in [0.25, 0.3) is 0 Å². The second kappa shape index (κ2) is 6.22. The topological polar surface area (TPSA) is 41.1 Å². The predicted octanol–water partition coefficient (Wildman–Crippen LogP) is 3.24. The summed E-state index contributed by atoms with van der Waals surface area (Å²) in [6, 6.07) is 1.21. The smallest absolute Gasteiger partial charge is 0.137 e. The molecule has 0 radical (unpaired) electrons. The summed E-state index contributed by atoms with van der Waals surface area (Å²) in [4.78, 5) is 11.5. The van der Waals surface area contributed by atoms with Crippen molar-refractivity contribution in [3.8, 4) is 0 Å². The van der Waals surface area contributed by atoms with Crippen molar-refractivity contribution in [3.63, 3.8) is 0 Å². The van der Waals surface area contributed by atoms with Crippen molar-refractivity contribution in [2.75, 3.05) is 16.8 Å². The molecule has 0 spiro atoms. The Hall–Kier alpha value is -1.32. The van der Waals surface area contributed by atoms with E-state index in [1.54, 1.807) is 6.33 Å². The molecule has 0 aromatic carbocycles. The standard InChI is InChI=1S/C15H26N4/c1-5-12-9-8-11(4)19(12)15-13(6-2)14(16-7-3)17-10-18-15/h10-12H,5-9H2,1-4H3,(H,16,17,18). The first-order chi connectivity index (χ1) is 9.22. The van der Waals surface area contributed by atoms with Crippen LogP contribution in [0.15, 0.2) is 6.33 Å². The van der Waals surface area contributed by atoms with E-state index in [4.69, 9.17) is 0 Å². The zero-order chi connectivity index (χ0) is 13.8. The van der Waals surface area contributed by atoms with Crippen LogP contribution in [-0.4, -0.2) is 28.6 Å². The summed E-state index contributed by atoms with van der Waals surface area (Å²) in [5.41, 5.74) is 1.26. The normalized spacial score (nSPS) is 22.8. The van der Waals surface area contributed by atoms with Gasteiger partial charge in [-0.2, -0.15) is 0 Å². The van der Waals surface area contributed by atoms with Gasteiger partial charge < -0.3 is 10.2 Å². The highest BCUT2D eigenvalue weighted by atomic mass is 15.3. The summed E-state index contributed by atoms with van der Waals surface area (Å²) >= 11 is 0. The van der Waals surface area contributed by atoms with Gasteiger partial charge in [-0.1, -0.05) is 13.8 Å². The van der Waals surface area contributed by atoms with Crippen LogP contribution in [0.25, 0.3) is 0 Å². The molecule has 1 aromatic rings. The first-order valence-electron chi connectivity index (χ1n) is 7.58. The monoisotopic (exact) mass is 262 g/mol. The lowest BCUT2D eigenvalue weighted by molar-refractivity contribution is 0.617. The number of nitrogens with zero attached hydrogens (tertiary/aromatic N) is 3. The number of anilines is 2. The zero-order valence-electron chi connectivity index (χ0n) is 12.6. The van der Waals surface area contributed by atoms with E-state index in [1.165, 1.54) is 24.8 Å². The van der Waals surface area contributed by atoms with Crippen molar-refractivity contribution in [1.82, 2.24) is 9.97 Å². The third-order valence-corrected chi connectivity index (χ3v) is 4.12. The largest absolute Gasteiger partial charge is 0.370 e. The molecule has 0 bridgehead atoms. The summed E-state index contributed by atoms with van der Waals surface area (Å²) in [5.74, 6) is 2.15. The Balaban J connectivity index is 2.40. The Kier molecular flexibility index (Phi) is 4.61. The molecule has 4 heteroatoms. The van der Waals surface area contributed by atoms with Crippen molar-refractivity contribution in [2.24, 2.45) is 0 Å². The fraction of sp³-hybridized carbons (Fsp3) is 0.733. The van der Waals surface area contributed by atoms with E-state index in [1.807, 2.05) is 0 Å². The number of nitrogens with one attached hydrogen (secondary N) is 1. The molecule has 2 atom stereocenters. The fourth-order valence-corrected chi connectivity index (χ4v) is 3.13. The van der Waals surface area contributed by atoms with Crippen LogP contribution in [0.1, 0.15) is 52.5 Å². The quantitative estimate of drug-likeness (QED) is 0.884. The highest BCUT2D eigenvalue weighted by Crippen LogP contribution is 2.34. The Bertz CT molecular complexity index is 419. The Morgan fingerprint density at radius 1 is 1.26 bits per heavy atom. The van der Waals surface area contributed by atoms with Crippen LogP contribution in [0.5, 0.6) is 0 Å². The molecular weight excluding hydrogens is 236 g/mol. The van der Waals surface area contributed by atoms with Gasteiger partial charge in [0, 0.05) is 24.2 Å². The number of hydrogen-bond donors (Lipinski definition) is 1. The highest BCUT2D eigenvalue weighted by Gasteiger charge is 2.32. The fourth-order valence-electron chi connectivity index (χ4n) is 3.13. The van der Waals surface area contributed by atoms with Crippen LogP contribution in [0, 0.1) is 0 Å². The number of hydrogen-bond acceptors (Lipinski definition) is 4. The van der Waals surface area contributed by atoms with Gasteiger partial charge in [-0.15, -0.1) is 0 Å². The van der Waals surface area contributed by atoms with Gasteiger partial charge in [0.05, 0.1) is 0 Å². The summed E-state index contributed by atoms with van der Waals surface area (Å²) in [7, 11) is 0. The van der Waals surface area contributed by atoms with Gasteiger partial charge in [-0.25, -0.2) is 9.97 Å². The van der Waals surface area contributed by atoms with Crippen LogP contribution in [0.3, 0.4) is 0 Å². The van der Waals surface area contributed by atoms with E-state index in [2.05, 4.69) is 47.9 Å². The lowest BCUT2D eigenvalue weighted by atomic mass is 10.1. The van der Waals surface area contributed by atoms with Crippen molar-refractivity contribution in [1.29, 1.82) is 0 Å². The second-order valence-corrected chi connectivity index (χ2v) is 5.30. The highest BCUT2D eigenvalue weighted by molar-refractivity contribution is 5.60. The average molecular weight is 262 g/mol. The summed E-state index contributed by atoms with van der Waals surface area (Å²) in [5, 5.41) is 3.36. The molecule has 0 saturated carbocycles. The summed E-state index contributed by atoms with van der Waals surface area (Å²) in [6.07, 6.45) is 6.40. The molecule has 1 aliphatic heterocycles. The first kappa shape index (κ1) is 14.1. The molecule has 1 saturated heterocycles. The van der Waals surface area contributed by atoms with E-state index in [0.29, 0.717) is 12.1 Å². The minimum atomic E-state index is 0.583. The van der Waals surface area contributed by atoms with E-state index in [-0.39, 0.29) is 0 Å². The maximum atomic E-state index is 4.60.